The maximum Gasteiger partial charge on any atom is 0.259 e. The lowest BCUT2D eigenvalue weighted by molar-refractivity contribution is 0.866. The number of aromatic nitrogens is 4. The Balaban J connectivity index is 1.20. The fourth-order valence-corrected chi connectivity index (χ4v) is 7.83. The number of nitrogens with one attached hydrogen (secondary N) is 1. The van der Waals surface area contributed by atoms with E-state index in [1.54, 1.807) is 46.2 Å². The van der Waals surface area contributed by atoms with Crippen molar-refractivity contribution in [3.63, 3.8) is 0 Å². The Morgan fingerprint density at radius 2 is 1.77 bits per heavy atom. The molecule has 1 N–H and O–H groups in total. The Kier molecular flexibility index (Phi) is 6.19. The molecule has 0 saturated heterocycles. The first-order valence-corrected chi connectivity index (χ1v) is 13.9. The van der Waals surface area contributed by atoms with Gasteiger partial charge in [-0.05, 0) is 41.9 Å². The average Bonchev–Trinajstić information content (AvgIpc) is 3.47. The molecule has 31 heavy (non-hydrogen) atoms. The summed E-state index contributed by atoms with van der Waals surface area (Å²) in [5.74, 6) is 2.73. The molecule has 1 aromatic carbocycles. The summed E-state index contributed by atoms with van der Waals surface area (Å²) < 4.78 is 1.86. The van der Waals surface area contributed by atoms with E-state index in [2.05, 4.69) is 53.3 Å². The maximum absolute atomic E-state index is 12.6. The van der Waals surface area contributed by atoms with Gasteiger partial charge in [0, 0.05) is 10.6 Å². The Bertz CT molecular complexity index is 1270. The van der Waals surface area contributed by atoms with E-state index in [1.807, 2.05) is 0 Å². The molecule has 0 unspecified atom stereocenters. The zero-order valence-electron chi connectivity index (χ0n) is 17.3. The molecule has 160 valence electrons. The maximum atomic E-state index is 12.6. The molecule has 0 atom stereocenters. The minimum Gasteiger partial charge on any atom is -0.309 e. The van der Waals surface area contributed by atoms with Gasteiger partial charge in [-0.25, -0.2) is 4.98 Å². The van der Waals surface area contributed by atoms with Crippen molar-refractivity contribution in [3.05, 3.63) is 62.0 Å². The quantitative estimate of drug-likeness (QED) is 0.322. The van der Waals surface area contributed by atoms with Crippen LogP contribution in [0, 0.1) is 0 Å². The summed E-state index contributed by atoms with van der Waals surface area (Å²) in [6, 6.07) is 8.79. The van der Waals surface area contributed by atoms with Gasteiger partial charge in [-0.1, -0.05) is 73.0 Å². The summed E-state index contributed by atoms with van der Waals surface area (Å²) >= 11 is 6.55. The van der Waals surface area contributed by atoms with Crippen LogP contribution in [0.15, 0.2) is 37.7 Å². The van der Waals surface area contributed by atoms with E-state index in [0.29, 0.717) is 17.5 Å². The van der Waals surface area contributed by atoms with Crippen LogP contribution in [0.1, 0.15) is 53.6 Å². The fourth-order valence-electron chi connectivity index (χ4n) is 3.70. The van der Waals surface area contributed by atoms with Crippen LogP contribution < -0.4 is 5.56 Å². The second-order valence-electron chi connectivity index (χ2n) is 7.86. The molecule has 5 rings (SSSR count). The molecule has 0 saturated carbocycles. The van der Waals surface area contributed by atoms with Gasteiger partial charge in [-0.2, -0.15) is 0 Å². The van der Waals surface area contributed by atoms with Gasteiger partial charge in [0.2, 0.25) is 0 Å². The Labute approximate surface area is 197 Å². The van der Waals surface area contributed by atoms with E-state index < -0.39 is 0 Å². The number of fused-ring (bicyclic) bond motifs is 3. The number of benzene rings is 1. The summed E-state index contributed by atoms with van der Waals surface area (Å²) in [6.07, 6.45) is 3.23. The summed E-state index contributed by atoms with van der Waals surface area (Å²) in [7, 11) is 0. The average molecular weight is 487 g/mol. The number of nitrogens with zero attached hydrogens (tertiary/aromatic N) is 3. The lowest BCUT2D eigenvalue weighted by atomic mass is 10.0. The standard InChI is InChI=1S/C22H22N4OS4/c1-12(2)14-8-6-13(7-9-14)10-28-21-25-26-22(31-21)29-11-17-23-19(27)18-15-4-3-5-16(15)30-20(18)24-17/h6-9,12H,3-5,10-11H2,1-2H3,(H,23,24,27). The van der Waals surface area contributed by atoms with Crippen LogP contribution in [0.5, 0.6) is 0 Å². The minimum atomic E-state index is -0.00278. The van der Waals surface area contributed by atoms with Crippen LogP contribution in [0.25, 0.3) is 10.2 Å². The molecule has 5 nitrogen and oxygen atoms in total. The van der Waals surface area contributed by atoms with E-state index in [1.165, 1.54) is 21.6 Å². The SMILES string of the molecule is CC(C)c1ccc(CSc2nnc(SCc3nc4sc5c(c4c(=O)[nH]3)CCC5)s2)cc1. The van der Waals surface area contributed by atoms with Gasteiger partial charge in [-0.15, -0.1) is 21.5 Å². The van der Waals surface area contributed by atoms with Crippen molar-refractivity contribution in [2.45, 2.75) is 59.2 Å². The Morgan fingerprint density at radius 3 is 2.52 bits per heavy atom. The summed E-state index contributed by atoms with van der Waals surface area (Å²) in [6.45, 7) is 4.42. The fraction of sp³-hybridized carbons (Fsp3) is 0.364. The van der Waals surface area contributed by atoms with Crippen molar-refractivity contribution in [2.75, 3.05) is 0 Å². The summed E-state index contributed by atoms with van der Waals surface area (Å²) in [5.41, 5.74) is 3.87. The molecule has 1 aliphatic rings. The van der Waals surface area contributed by atoms with Crippen molar-refractivity contribution >= 4 is 56.4 Å². The third kappa shape index (κ3) is 4.60. The topological polar surface area (TPSA) is 71.5 Å². The van der Waals surface area contributed by atoms with Gasteiger partial charge in [0.15, 0.2) is 8.68 Å². The number of hydrogen-bond acceptors (Lipinski definition) is 8. The lowest BCUT2D eigenvalue weighted by Crippen LogP contribution is -2.11. The van der Waals surface area contributed by atoms with E-state index in [4.69, 9.17) is 4.98 Å². The van der Waals surface area contributed by atoms with E-state index >= 15 is 0 Å². The van der Waals surface area contributed by atoms with Crippen LogP contribution in [0.3, 0.4) is 0 Å². The highest BCUT2D eigenvalue weighted by Crippen LogP contribution is 2.35. The molecular formula is C22H22N4OS4. The van der Waals surface area contributed by atoms with Gasteiger partial charge in [0.25, 0.3) is 5.56 Å². The summed E-state index contributed by atoms with van der Waals surface area (Å²) in [5, 5.41) is 9.42. The van der Waals surface area contributed by atoms with Crippen LogP contribution >= 0.6 is 46.2 Å². The predicted octanol–water partition coefficient (Wildman–Crippen LogP) is 6.03. The highest BCUT2D eigenvalue weighted by Gasteiger charge is 2.21. The highest BCUT2D eigenvalue weighted by molar-refractivity contribution is 8.02. The monoisotopic (exact) mass is 486 g/mol. The number of aromatic amines is 1. The lowest BCUT2D eigenvalue weighted by Gasteiger charge is -2.05. The first-order valence-electron chi connectivity index (χ1n) is 10.3. The molecule has 0 aliphatic heterocycles. The van der Waals surface area contributed by atoms with Crippen molar-refractivity contribution < 1.29 is 0 Å². The third-order valence-corrected chi connectivity index (χ3v) is 9.81. The van der Waals surface area contributed by atoms with Crippen LogP contribution in [0.4, 0.5) is 0 Å². The smallest absolute Gasteiger partial charge is 0.259 e. The number of rotatable bonds is 7. The van der Waals surface area contributed by atoms with E-state index in [-0.39, 0.29) is 5.56 Å². The van der Waals surface area contributed by atoms with Gasteiger partial charge < -0.3 is 4.98 Å². The molecule has 0 spiro atoms. The largest absolute Gasteiger partial charge is 0.309 e. The van der Waals surface area contributed by atoms with Crippen molar-refractivity contribution in [1.29, 1.82) is 0 Å². The van der Waals surface area contributed by atoms with Gasteiger partial charge in [0.05, 0.1) is 11.1 Å². The molecule has 0 bridgehead atoms. The predicted molar refractivity (Wildman–Crippen MR) is 132 cm³/mol. The highest BCUT2D eigenvalue weighted by atomic mass is 32.2. The molecule has 3 heterocycles. The minimum absolute atomic E-state index is 0.00278. The second-order valence-corrected chi connectivity index (χ2v) is 12.4. The number of H-pyrrole nitrogens is 1. The first kappa shape index (κ1) is 21.2. The molecule has 0 fully saturated rings. The Hall–Kier alpha value is -1.68. The van der Waals surface area contributed by atoms with Crippen LogP contribution in [0.2, 0.25) is 0 Å². The number of thiophene rings is 1. The molecule has 1 aliphatic carbocycles. The molecule has 3 aromatic heterocycles. The van der Waals surface area contributed by atoms with Crippen LogP contribution in [-0.2, 0) is 24.3 Å². The molecule has 0 amide bonds. The first-order chi connectivity index (χ1) is 15.1. The van der Waals surface area contributed by atoms with E-state index in [0.717, 1.165) is 43.9 Å². The zero-order chi connectivity index (χ0) is 21.4. The number of thioether (sulfide) groups is 2. The van der Waals surface area contributed by atoms with Crippen molar-refractivity contribution in [2.24, 2.45) is 0 Å². The molecule has 9 heteroatoms. The zero-order valence-corrected chi connectivity index (χ0v) is 20.6. The third-order valence-electron chi connectivity index (χ3n) is 5.35. The van der Waals surface area contributed by atoms with Crippen molar-refractivity contribution in [3.8, 4) is 0 Å². The molecule has 4 aromatic rings. The second kappa shape index (κ2) is 9.05. The summed E-state index contributed by atoms with van der Waals surface area (Å²) in [4.78, 5) is 22.5. The Morgan fingerprint density at radius 1 is 1.03 bits per heavy atom. The van der Waals surface area contributed by atoms with Gasteiger partial charge in [-0.3, -0.25) is 4.79 Å². The number of aryl methyl sites for hydroxylation is 2. The molecular weight excluding hydrogens is 465 g/mol. The normalized spacial score (nSPS) is 13.4. The van der Waals surface area contributed by atoms with Crippen LogP contribution in [-0.4, -0.2) is 20.2 Å². The number of hydrogen-bond donors (Lipinski definition) is 1. The molecule has 0 radical (unpaired) electrons. The van der Waals surface area contributed by atoms with E-state index in [9.17, 15) is 4.79 Å². The van der Waals surface area contributed by atoms with Crippen molar-refractivity contribution in [1.82, 2.24) is 20.2 Å². The van der Waals surface area contributed by atoms with Gasteiger partial charge >= 0.3 is 0 Å². The van der Waals surface area contributed by atoms with Gasteiger partial charge in [0.1, 0.15) is 10.7 Å².